The van der Waals surface area contributed by atoms with Gasteiger partial charge in [0.2, 0.25) is 6.79 Å². The maximum absolute atomic E-state index is 5.45. The van der Waals surface area contributed by atoms with Crippen LogP contribution >= 0.6 is 0 Å². The minimum absolute atomic E-state index is 0.310. The van der Waals surface area contributed by atoms with Gasteiger partial charge in [-0.1, -0.05) is 36.4 Å². The van der Waals surface area contributed by atoms with Gasteiger partial charge in [-0.2, -0.15) is 0 Å². The Bertz CT molecular complexity index is 876. The molecule has 1 aliphatic rings. The second-order valence-electron chi connectivity index (χ2n) is 5.76. The standard InChI is InChI=1S/C20H19NO3/c1-22-18-9-7-15(16-4-2-3-5-17(16)18)12-21-11-14-6-8-19-20(10-14)24-13-23-19/h2-10,21H,11-13H2,1H3. The molecule has 4 rings (SSSR count). The second-order valence-corrected chi connectivity index (χ2v) is 5.76. The third-order valence-electron chi connectivity index (χ3n) is 4.28. The molecule has 0 unspecified atom stereocenters. The van der Waals surface area contributed by atoms with Gasteiger partial charge in [-0.15, -0.1) is 0 Å². The molecule has 4 nitrogen and oxygen atoms in total. The normalized spacial score (nSPS) is 12.5. The average molecular weight is 321 g/mol. The summed E-state index contributed by atoms with van der Waals surface area (Å²) in [6.07, 6.45) is 0. The van der Waals surface area contributed by atoms with Crippen molar-refractivity contribution >= 4 is 10.8 Å². The van der Waals surface area contributed by atoms with Crippen molar-refractivity contribution in [2.75, 3.05) is 13.9 Å². The van der Waals surface area contributed by atoms with E-state index >= 15 is 0 Å². The van der Waals surface area contributed by atoms with Crippen LogP contribution in [-0.2, 0) is 13.1 Å². The highest BCUT2D eigenvalue weighted by Crippen LogP contribution is 2.32. The van der Waals surface area contributed by atoms with Crippen LogP contribution in [0, 0.1) is 0 Å². The fourth-order valence-electron chi connectivity index (χ4n) is 3.06. The topological polar surface area (TPSA) is 39.7 Å². The summed E-state index contributed by atoms with van der Waals surface area (Å²) in [5.74, 6) is 2.55. The SMILES string of the molecule is COc1ccc(CNCc2ccc3c(c2)OCO3)c2ccccc12. The molecule has 0 atom stereocenters. The Labute approximate surface area is 141 Å². The van der Waals surface area contributed by atoms with Gasteiger partial charge in [0.25, 0.3) is 0 Å². The molecule has 0 aliphatic carbocycles. The molecule has 0 bridgehead atoms. The van der Waals surface area contributed by atoms with E-state index in [-0.39, 0.29) is 0 Å². The first-order chi connectivity index (χ1) is 11.8. The van der Waals surface area contributed by atoms with Crippen molar-refractivity contribution in [2.45, 2.75) is 13.1 Å². The number of fused-ring (bicyclic) bond motifs is 2. The Morgan fingerprint density at radius 3 is 2.62 bits per heavy atom. The largest absolute Gasteiger partial charge is 0.496 e. The van der Waals surface area contributed by atoms with Gasteiger partial charge in [0.15, 0.2) is 11.5 Å². The summed E-state index contributed by atoms with van der Waals surface area (Å²) >= 11 is 0. The third-order valence-corrected chi connectivity index (χ3v) is 4.28. The van der Waals surface area contributed by atoms with Crippen LogP contribution in [0.15, 0.2) is 54.6 Å². The molecule has 24 heavy (non-hydrogen) atoms. The van der Waals surface area contributed by atoms with Gasteiger partial charge in [0.05, 0.1) is 7.11 Å². The Balaban J connectivity index is 1.49. The van der Waals surface area contributed by atoms with E-state index in [1.54, 1.807) is 7.11 Å². The molecule has 3 aromatic rings. The number of ether oxygens (including phenoxy) is 3. The zero-order valence-corrected chi connectivity index (χ0v) is 13.5. The lowest BCUT2D eigenvalue weighted by atomic mass is 10.0. The Hall–Kier alpha value is -2.72. The van der Waals surface area contributed by atoms with Crippen LogP contribution in [0.3, 0.4) is 0 Å². The highest BCUT2D eigenvalue weighted by Gasteiger charge is 2.13. The molecule has 1 aliphatic heterocycles. The maximum Gasteiger partial charge on any atom is 0.231 e. The van der Waals surface area contributed by atoms with Crippen LogP contribution in [-0.4, -0.2) is 13.9 Å². The van der Waals surface area contributed by atoms with E-state index in [1.165, 1.54) is 16.5 Å². The molecule has 0 saturated heterocycles. The number of benzene rings is 3. The maximum atomic E-state index is 5.45. The van der Waals surface area contributed by atoms with Gasteiger partial charge < -0.3 is 19.5 Å². The van der Waals surface area contributed by atoms with Crippen molar-refractivity contribution < 1.29 is 14.2 Å². The fraction of sp³-hybridized carbons (Fsp3) is 0.200. The predicted octanol–water partition coefficient (Wildman–Crippen LogP) is 3.87. The molecule has 3 aromatic carbocycles. The van der Waals surface area contributed by atoms with Crippen LogP contribution in [0.5, 0.6) is 17.2 Å². The molecule has 0 amide bonds. The number of methoxy groups -OCH3 is 1. The van der Waals surface area contributed by atoms with Gasteiger partial charge in [-0.25, -0.2) is 0 Å². The first kappa shape index (κ1) is 14.8. The van der Waals surface area contributed by atoms with Crippen molar-refractivity contribution in [1.82, 2.24) is 5.32 Å². The summed E-state index contributed by atoms with van der Waals surface area (Å²) in [6, 6.07) is 18.5. The van der Waals surface area contributed by atoms with E-state index in [1.807, 2.05) is 24.3 Å². The van der Waals surface area contributed by atoms with Crippen molar-refractivity contribution in [3.05, 3.63) is 65.7 Å². The molecule has 0 saturated carbocycles. The summed E-state index contributed by atoms with van der Waals surface area (Å²) in [5, 5.41) is 5.86. The lowest BCUT2D eigenvalue weighted by molar-refractivity contribution is 0.174. The van der Waals surface area contributed by atoms with Gasteiger partial charge in [0.1, 0.15) is 5.75 Å². The summed E-state index contributed by atoms with van der Waals surface area (Å²) in [5.41, 5.74) is 2.43. The molecule has 1 heterocycles. The quantitative estimate of drug-likeness (QED) is 0.774. The Kier molecular flexibility index (Phi) is 3.97. The highest BCUT2D eigenvalue weighted by molar-refractivity contribution is 5.91. The Morgan fingerprint density at radius 2 is 1.75 bits per heavy atom. The number of hydrogen-bond acceptors (Lipinski definition) is 4. The van der Waals surface area contributed by atoms with Gasteiger partial charge in [-0.3, -0.25) is 0 Å². The second kappa shape index (κ2) is 6.42. The summed E-state index contributed by atoms with van der Waals surface area (Å²) < 4.78 is 16.2. The lowest BCUT2D eigenvalue weighted by Crippen LogP contribution is -2.13. The van der Waals surface area contributed by atoms with Crippen molar-refractivity contribution in [3.63, 3.8) is 0 Å². The monoisotopic (exact) mass is 321 g/mol. The van der Waals surface area contributed by atoms with E-state index < -0.39 is 0 Å². The van der Waals surface area contributed by atoms with Crippen LogP contribution in [0.2, 0.25) is 0 Å². The lowest BCUT2D eigenvalue weighted by Gasteiger charge is -2.11. The van der Waals surface area contributed by atoms with E-state index in [0.29, 0.717) is 6.79 Å². The average Bonchev–Trinajstić information content (AvgIpc) is 3.09. The molecule has 0 spiro atoms. The summed E-state index contributed by atoms with van der Waals surface area (Å²) in [4.78, 5) is 0. The summed E-state index contributed by atoms with van der Waals surface area (Å²) in [6.45, 7) is 1.87. The van der Waals surface area contributed by atoms with Crippen molar-refractivity contribution in [1.29, 1.82) is 0 Å². The summed E-state index contributed by atoms with van der Waals surface area (Å²) in [7, 11) is 1.71. The van der Waals surface area contributed by atoms with E-state index in [2.05, 4.69) is 35.6 Å². The van der Waals surface area contributed by atoms with E-state index in [9.17, 15) is 0 Å². The highest BCUT2D eigenvalue weighted by atomic mass is 16.7. The zero-order chi connectivity index (χ0) is 16.4. The van der Waals surface area contributed by atoms with Crippen LogP contribution in [0.25, 0.3) is 10.8 Å². The minimum atomic E-state index is 0.310. The van der Waals surface area contributed by atoms with Crippen molar-refractivity contribution in [2.24, 2.45) is 0 Å². The number of hydrogen-bond donors (Lipinski definition) is 1. The minimum Gasteiger partial charge on any atom is -0.496 e. The van der Waals surface area contributed by atoms with Gasteiger partial charge >= 0.3 is 0 Å². The number of rotatable bonds is 5. The van der Waals surface area contributed by atoms with E-state index in [4.69, 9.17) is 14.2 Å². The predicted molar refractivity (Wildman–Crippen MR) is 93.6 cm³/mol. The molecule has 0 aromatic heterocycles. The molecule has 0 radical (unpaired) electrons. The fourth-order valence-corrected chi connectivity index (χ4v) is 3.06. The smallest absolute Gasteiger partial charge is 0.231 e. The van der Waals surface area contributed by atoms with Crippen LogP contribution in [0.4, 0.5) is 0 Å². The van der Waals surface area contributed by atoms with Crippen LogP contribution in [0.1, 0.15) is 11.1 Å². The molecular formula is C20H19NO3. The third kappa shape index (κ3) is 2.76. The molecule has 4 heteroatoms. The van der Waals surface area contributed by atoms with E-state index in [0.717, 1.165) is 35.7 Å². The first-order valence-electron chi connectivity index (χ1n) is 7.99. The molecule has 1 N–H and O–H groups in total. The Morgan fingerprint density at radius 1 is 0.917 bits per heavy atom. The zero-order valence-electron chi connectivity index (χ0n) is 13.5. The molecular weight excluding hydrogens is 302 g/mol. The molecule has 122 valence electrons. The van der Waals surface area contributed by atoms with Crippen LogP contribution < -0.4 is 19.5 Å². The first-order valence-corrected chi connectivity index (χ1v) is 7.99. The molecule has 0 fully saturated rings. The van der Waals surface area contributed by atoms with Gasteiger partial charge in [-0.05, 0) is 34.7 Å². The van der Waals surface area contributed by atoms with Crippen molar-refractivity contribution in [3.8, 4) is 17.2 Å². The van der Waals surface area contributed by atoms with Gasteiger partial charge in [0, 0.05) is 18.5 Å². The number of nitrogens with one attached hydrogen (secondary N) is 1.